The van der Waals surface area contributed by atoms with Gasteiger partial charge in [0, 0.05) is 6.04 Å². The number of benzene rings is 1. The molecule has 3 rings (SSSR count). The molecule has 1 N–H and O–H groups in total. The highest BCUT2D eigenvalue weighted by molar-refractivity contribution is 6.99. The predicted molar refractivity (Wildman–Crippen MR) is 95.0 cm³/mol. The Hall–Kier alpha value is -1.72. The second-order valence-corrected chi connectivity index (χ2v) is 6.51. The maximum atomic E-state index is 5.90. The van der Waals surface area contributed by atoms with E-state index in [1.807, 2.05) is 0 Å². The number of nitrogens with zero attached hydrogens (tertiary/aromatic N) is 2. The van der Waals surface area contributed by atoms with E-state index in [0.29, 0.717) is 18.5 Å². The number of hydrogen-bond donors (Lipinski definition) is 1. The summed E-state index contributed by atoms with van der Waals surface area (Å²) in [5.74, 6) is 0.682. The highest BCUT2D eigenvalue weighted by Gasteiger charge is 2.21. The van der Waals surface area contributed by atoms with E-state index >= 15 is 0 Å². The Morgan fingerprint density at radius 3 is 3.09 bits per heavy atom. The van der Waals surface area contributed by atoms with Gasteiger partial charge in [0.25, 0.3) is 5.88 Å². The minimum Gasteiger partial charge on any atom is -0.475 e. The molecule has 1 aromatic heterocycles. The topological polar surface area (TPSA) is 47.0 Å². The molecule has 0 spiro atoms. The predicted octanol–water partition coefficient (Wildman–Crippen LogP) is 3.62. The van der Waals surface area contributed by atoms with E-state index in [1.54, 1.807) is 0 Å². The number of hydrogen-bond acceptors (Lipinski definition) is 5. The molecule has 0 aliphatic carbocycles. The maximum Gasteiger partial charge on any atom is 0.253 e. The second kappa shape index (κ2) is 7.70. The molecule has 2 heterocycles. The number of aryl methyl sites for hydroxylation is 2. The minimum atomic E-state index is 0.308. The van der Waals surface area contributed by atoms with Crippen molar-refractivity contribution in [1.29, 1.82) is 0 Å². The Balaban J connectivity index is 1.55. The first-order valence-electron chi connectivity index (χ1n) is 8.19. The molecule has 1 aliphatic heterocycles. The van der Waals surface area contributed by atoms with Gasteiger partial charge in [0.2, 0.25) is 0 Å². The highest BCUT2D eigenvalue weighted by Crippen LogP contribution is 2.28. The summed E-state index contributed by atoms with van der Waals surface area (Å²) in [7, 11) is 0. The normalized spacial score (nSPS) is 17.8. The Labute approximate surface area is 141 Å². The lowest BCUT2D eigenvalue weighted by atomic mass is 10.0. The third kappa shape index (κ3) is 4.18. The van der Waals surface area contributed by atoms with Crippen LogP contribution in [0.5, 0.6) is 5.88 Å². The van der Waals surface area contributed by atoms with Gasteiger partial charge in [-0.15, -0.1) is 4.37 Å². The number of rotatable bonds is 6. The van der Waals surface area contributed by atoms with E-state index in [9.17, 15) is 0 Å². The molecule has 0 radical (unpaired) electrons. The monoisotopic (exact) mass is 329 g/mol. The summed E-state index contributed by atoms with van der Waals surface area (Å²) in [4.78, 5) is 0. The van der Waals surface area contributed by atoms with Gasteiger partial charge in [-0.3, -0.25) is 0 Å². The smallest absolute Gasteiger partial charge is 0.253 e. The Morgan fingerprint density at radius 2 is 2.26 bits per heavy atom. The lowest BCUT2D eigenvalue weighted by Gasteiger charge is -2.21. The van der Waals surface area contributed by atoms with Gasteiger partial charge in [-0.1, -0.05) is 35.9 Å². The summed E-state index contributed by atoms with van der Waals surface area (Å²) in [5, 5.41) is 3.45. The van der Waals surface area contributed by atoms with Crippen LogP contribution in [0.3, 0.4) is 0 Å². The van der Waals surface area contributed by atoms with Crippen LogP contribution in [0.4, 0.5) is 0 Å². The van der Waals surface area contributed by atoms with Crippen LogP contribution < -0.4 is 10.1 Å². The minimum absolute atomic E-state index is 0.308. The van der Waals surface area contributed by atoms with Crippen LogP contribution in [0.15, 0.2) is 30.3 Å². The third-order valence-electron chi connectivity index (χ3n) is 4.09. The molecule has 0 amide bonds. The average Bonchev–Trinajstić information content (AvgIpc) is 3.00. The SMILES string of the molecule is Cc1cccc(CCCOc2nsnc2C2=CCCNC2C)c1. The molecule has 0 saturated carbocycles. The van der Waals surface area contributed by atoms with Crippen molar-refractivity contribution in [2.75, 3.05) is 13.2 Å². The van der Waals surface area contributed by atoms with Gasteiger partial charge in [0.05, 0.1) is 18.3 Å². The van der Waals surface area contributed by atoms with E-state index in [4.69, 9.17) is 4.74 Å². The largest absolute Gasteiger partial charge is 0.475 e. The van der Waals surface area contributed by atoms with E-state index in [2.05, 4.69) is 58.3 Å². The van der Waals surface area contributed by atoms with Crippen molar-refractivity contribution < 1.29 is 4.74 Å². The van der Waals surface area contributed by atoms with Crippen molar-refractivity contribution in [3.63, 3.8) is 0 Å². The van der Waals surface area contributed by atoms with E-state index in [0.717, 1.165) is 31.5 Å². The zero-order valence-corrected chi connectivity index (χ0v) is 14.5. The molecule has 0 saturated heterocycles. The second-order valence-electron chi connectivity index (χ2n) is 5.98. The lowest BCUT2D eigenvalue weighted by Crippen LogP contribution is -2.31. The van der Waals surface area contributed by atoms with Gasteiger partial charge in [-0.2, -0.15) is 4.37 Å². The Bertz CT molecular complexity index is 680. The number of ether oxygens (including phenoxy) is 1. The summed E-state index contributed by atoms with van der Waals surface area (Å²) < 4.78 is 14.7. The van der Waals surface area contributed by atoms with Gasteiger partial charge in [-0.05, 0) is 50.8 Å². The molecule has 23 heavy (non-hydrogen) atoms. The molecule has 1 atom stereocenters. The quantitative estimate of drug-likeness (QED) is 0.822. The van der Waals surface area contributed by atoms with Gasteiger partial charge < -0.3 is 10.1 Å². The Kier molecular flexibility index (Phi) is 5.41. The number of aromatic nitrogens is 2. The van der Waals surface area contributed by atoms with Gasteiger partial charge in [-0.25, -0.2) is 0 Å². The standard InChI is InChI=1S/C18H23N3OS/c1-13-6-3-7-15(12-13)8-5-11-22-18-17(20-23-21-18)16-9-4-10-19-14(16)2/h3,6-7,9,12,14,19H,4-5,8,10-11H2,1-2H3. The van der Waals surface area contributed by atoms with Gasteiger partial charge in [0.15, 0.2) is 0 Å². The fraction of sp³-hybridized carbons (Fsp3) is 0.444. The molecular formula is C18H23N3OS. The van der Waals surface area contributed by atoms with E-state index in [-0.39, 0.29) is 0 Å². The van der Waals surface area contributed by atoms with E-state index < -0.39 is 0 Å². The molecule has 1 unspecified atom stereocenters. The summed E-state index contributed by atoms with van der Waals surface area (Å²) in [6.45, 7) is 5.97. The van der Waals surface area contributed by atoms with Crippen molar-refractivity contribution in [3.8, 4) is 5.88 Å². The van der Waals surface area contributed by atoms with Crippen molar-refractivity contribution in [2.24, 2.45) is 0 Å². The first-order chi connectivity index (χ1) is 11.2. The summed E-state index contributed by atoms with van der Waals surface area (Å²) >= 11 is 1.22. The summed E-state index contributed by atoms with van der Waals surface area (Å²) in [6, 6.07) is 8.94. The van der Waals surface area contributed by atoms with Gasteiger partial charge >= 0.3 is 0 Å². The van der Waals surface area contributed by atoms with Crippen molar-refractivity contribution in [3.05, 3.63) is 47.2 Å². The zero-order valence-electron chi connectivity index (χ0n) is 13.7. The maximum absolute atomic E-state index is 5.90. The Morgan fingerprint density at radius 1 is 1.35 bits per heavy atom. The highest BCUT2D eigenvalue weighted by atomic mass is 32.1. The third-order valence-corrected chi connectivity index (χ3v) is 4.60. The average molecular weight is 329 g/mol. The van der Waals surface area contributed by atoms with Crippen molar-refractivity contribution in [1.82, 2.24) is 14.1 Å². The van der Waals surface area contributed by atoms with E-state index in [1.165, 1.54) is 28.4 Å². The first-order valence-corrected chi connectivity index (χ1v) is 8.92. The molecule has 5 heteroatoms. The summed E-state index contributed by atoms with van der Waals surface area (Å²) in [6.07, 6.45) is 5.28. The van der Waals surface area contributed by atoms with Crippen LogP contribution in [-0.2, 0) is 6.42 Å². The molecule has 2 aromatic rings. The zero-order chi connectivity index (χ0) is 16.1. The molecule has 1 aromatic carbocycles. The fourth-order valence-electron chi connectivity index (χ4n) is 2.88. The molecule has 0 fully saturated rings. The number of nitrogens with one attached hydrogen (secondary N) is 1. The van der Waals surface area contributed by atoms with Crippen LogP contribution >= 0.6 is 11.7 Å². The van der Waals surface area contributed by atoms with Gasteiger partial charge in [0.1, 0.15) is 5.69 Å². The molecular weight excluding hydrogens is 306 g/mol. The molecule has 0 bridgehead atoms. The molecule has 4 nitrogen and oxygen atoms in total. The van der Waals surface area contributed by atoms with Crippen LogP contribution in [-0.4, -0.2) is 27.9 Å². The van der Waals surface area contributed by atoms with Crippen LogP contribution in [0, 0.1) is 6.92 Å². The summed E-state index contributed by atoms with van der Waals surface area (Å²) in [5.41, 5.74) is 4.78. The van der Waals surface area contributed by atoms with Crippen molar-refractivity contribution >= 4 is 17.3 Å². The van der Waals surface area contributed by atoms with Crippen LogP contribution in [0.2, 0.25) is 0 Å². The van der Waals surface area contributed by atoms with Crippen molar-refractivity contribution in [2.45, 2.75) is 39.2 Å². The van der Waals surface area contributed by atoms with Crippen LogP contribution in [0.1, 0.15) is 36.6 Å². The van der Waals surface area contributed by atoms with Crippen LogP contribution in [0.25, 0.3) is 5.57 Å². The molecule has 122 valence electrons. The lowest BCUT2D eigenvalue weighted by molar-refractivity contribution is 0.300. The molecule has 1 aliphatic rings. The fourth-order valence-corrected chi connectivity index (χ4v) is 3.40. The first kappa shape index (κ1) is 16.1.